The number of carbonyl (C=O) groups is 1. The van der Waals surface area contributed by atoms with Crippen molar-refractivity contribution >= 4 is 33.2 Å². The first-order chi connectivity index (χ1) is 9.50. The van der Waals surface area contributed by atoms with Gasteiger partial charge in [0.25, 0.3) is 11.6 Å². The maximum atomic E-state index is 12.2. The first kappa shape index (κ1) is 14.2. The summed E-state index contributed by atoms with van der Waals surface area (Å²) in [7, 11) is 0. The molecule has 5 nitrogen and oxygen atoms in total. The van der Waals surface area contributed by atoms with Gasteiger partial charge in [0.2, 0.25) is 0 Å². The second kappa shape index (κ2) is 5.83. The summed E-state index contributed by atoms with van der Waals surface area (Å²) in [6, 6.07) is 11.3. The molecular formula is C14H11BrN2O3. The van der Waals surface area contributed by atoms with Crippen molar-refractivity contribution in [2.24, 2.45) is 0 Å². The van der Waals surface area contributed by atoms with Crippen LogP contribution in [-0.4, -0.2) is 10.8 Å². The summed E-state index contributed by atoms with van der Waals surface area (Å²) in [6.07, 6.45) is 0. The minimum atomic E-state index is -0.569. The molecule has 0 aliphatic carbocycles. The highest BCUT2D eigenvalue weighted by molar-refractivity contribution is 9.10. The van der Waals surface area contributed by atoms with Crippen molar-refractivity contribution in [3.8, 4) is 0 Å². The van der Waals surface area contributed by atoms with Gasteiger partial charge in [0.15, 0.2) is 0 Å². The van der Waals surface area contributed by atoms with Gasteiger partial charge in [-0.3, -0.25) is 14.9 Å². The molecule has 0 bridgehead atoms. The van der Waals surface area contributed by atoms with Crippen molar-refractivity contribution in [3.63, 3.8) is 0 Å². The quantitative estimate of drug-likeness (QED) is 0.683. The topological polar surface area (TPSA) is 72.2 Å². The highest BCUT2D eigenvalue weighted by Crippen LogP contribution is 2.27. The molecule has 0 saturated heterocycles. The number of carbonyl (C=O) groups excluding carboxylic acids is 1. The summed E-state index contributed by atoms with van der Waals surface area (Å²) in [4.78, 5) is 22.5. The molecule has 2 rings (SSSR count). The molecule has 0 radical (unpaired) electrons. The molecule has 0 unspecified atom stereocenters. The van der Waals surface area contributed by atoms with Crippen LogP contribution >= 0.6 is 15.9 Å². The summed E-state index contributed by atoms with van der Waals surface area (Å²) >= 11 is 3.38. The van der Waals surface area contributed by atoms with Gasteiger partial charge in [-0.1, -0.05) is 24.3 Å². The van der Waals surface area contributed by atoms with Crippen LogP contribution in [0.1, 0.15) is 15.9 Å². The van der Waals surface area contributed by atoms with Crippen LogP contribution in [0.3, 0.4) is 0 Å². The van der Waals surface area contributed by atoms with Gasteiger partial charge in [-0.05, 0) is 40.5 Å². The Hall–Kier alpha value is -2.21. The normalized spacial score (nSPS) is 10.1. The maximum absolute atomic E-state index is 12.2. The third kappa shape index (κ3) is 2.85. The fourth-order valence-corrected chi connectivity index (χ4v) is 2.12. The van der Waals surface area contributed by atoms with E-state index in [4.69, 9.17) is 0 Å². The van der Waals surface area contributed by atoms with Crippen molar-refractivity contribution in [1.82, 2.24) is 0 Å². The fourth-order valence-electron chi connectivity index (χ4n) is 1.76. The molecule has 1 amide bonds. The fraction of sp³-hybridized carbons (Fsp3) is 0.0714. The Morgan fingerprint density at radius 3 is 2.60 bits per heavy atom. The van der Waals surface area contributed by atoms with Crippen LogP contribution < -0.4 is 5.32 Å². The molecule has 0 atom stereocenters. The largest absolute Gasteiger partial charge is 0.321 e. The number of hydrogen-bond donors (Lipinski definition) is 1. The number of amides is 1. The lowest BCUT2D eigenvalue weighted by molar-refractivity contribution is -0.385. The second-order valence-corrected chi connectivity index (χ2v) is 4.96. The highest BCUT2D eigenvalue weighted by atomic mass is 79.9. The number of benzene rings is 2. The minimum absolute atomic E-state index is 0.0332. The number of rotatable bonds is 3. The van der Waals surface area contributed by atoms with Crippen molar-refractivity contribution in [2.45, 2.75) is 6.92 Å². The standard InChI is InChI=1S/C14H11BrN2O3/c1-9-5-4-7-11(13(9)15)16-14(18)10-6-2-3-8-12(10)17(19)20/h2-8H,1H3,(H,16,18). The first-order valence-corrected chi connectivity index (χ1v) is 6.60. The molecule has 0 aliphatic rings. The molecule has 2 aromatic rings. The Kier molecular flexibility index (Phi) is 4.14. The van der Waals surface area contributed by atoms with Gasteiger partial charge in [0.05, 0.1) is 10.6 Å². The van der Waals surface area contributed by atoms with E-state index < -0.39 is 10.8 Å². The average molecular weight is 335 g/mol. The number of aryl methyl sites for hydroxylation is 1. The van der Waals surface area contributed by atoms with E-state index >= 15 is 0 Å². The number of anilines is 1. The Morgan fingerprint density at radius 2 is 1.90 bits per heavy atom. The van der Waals surface area contributed by atoms with Gasteiger partial charge in [-0.25, -0.2) is 0 Å². The van der Waals surface area contributed by atoms with Crippen LogP contribution in [0.5, 0.6) is 0 Å². The zero-order valence-electron chi connectivity index (χ0n) is 10.6. The number of para-hydroxylation sites is 1. The predicted molar refractivity (Wildman–Crippen MR) is 79.9 cm³/mol. The van der Waals surface area contributed by atoms with Gasteiger partial charge in [0.1, 0.15) is 5.56 Å². The Bertz CT molecular complexity index is 686. The van der Waals surface area contributed by atoms with Crippen LogP contribution in [-0.2, 0) is 0 Å². The zero-order valence-corrected chi connectivity index (χ0v) is 12.2. The third-order valence-electron chi connectivity index (χ3n) is 2.79. The molecule has 0 heterocycles. The average Bonchev–Trinajstić information content (AvgIpc) is 2.43. The maximum Gasteiger partial charge on any atom is 0.282 e. The number of nitro benzene ring substituents is 1. The van der Waals surface area contributed by atoms with Crippen LogP contribution in [0.15, 0.2) is 46.9 Å². The predicted octanol–water partition coefficient (Wildman–Crippen LogP) is 3.92. The molecule has 20 heavy (non-hydrogen) atoms. The van der Waals surface area contributed by atoms with E-state index in [0.29, 0.717) is 5.69 Å². The van der Waals surface area contributed by atoms with Gasteiger partial charge >= 0.3 is 0 Å². The van der Waals surface area contributed by atoms with E-state index in [1.807, 2.05) is 13.0 Å². The third-order valence-corrected chi connectivity index (χ3v) is 3.84. The number of nitrogens with zero attached hydrogens (tertiary/aromatic N) is 1. The number of nitro groups is 1. The summed E-state index contributed by atoms with van der Waals surface area (Å²) < 4.78 is 0.756. The molecule has 2 aromatic carbocycles. The van der Waals surface area contributed by atoms with Crippen LogP contribution in [0, 0.1) is 17.0 Å². The van der Waals surface area contributed by atoms with Gasteiger partial charge in [-0.2, -0.15) is 0 Å². The summed E-state index contributed by atoms with van der Waals surface area (Å²) in [5.74, 6) is -0.511. The monoisotopic (exact) mass is 334 g/mol. The molecular weight excluding hydrogens is 324 g/mol. The molecule has 0 spiro atoms. The van der Waals surface area contributed by atoms with Gasteiger partial charge in [-0.15, -0.1) is 0 Å². The molecule has 0 saturated carbocycles. The lowest BCUT2D eigenvalue weighted by Crippen LogP contribution is -2.14. The van der Waals surface area contributed by atoms with Crippen LogP contribution in [0.2, 0.25) is 0 Å². The van der Waals surface area contributed by atoms with Gasteiger partial charge in [0, 0.05) is 10.5 Å². The van der Waals surface area contributed by atoms with E-state index in [0.717, 1.165) is 10.0 Å². The summed E-state index contributed by atoms with van der Waals surface area (Å²) in [5, 5.41) is 13.6. The molecule has 0 fully saturated rings. The highest BCUT2D eigenvalue weighted by Gasteiger charge is 2.19. The van der Waals surface area contributed by atoms with E-state index in [-0.39, 0.29) is 11.3 Å². The van der Waals surface area contributed by atoms with E-state index in [1.165, 1.54) is 18.2 Å². The lowest BCUT2D eigenvalue weighted by atomic mass is 10.1. The Morgan fingerprint density at radius 1 is 1.20 bits per heavy atom. The van der Waals surface area contributed by atoms with E-state index in [1.54, 1.807) is 18.2 Å². The van der Waals surface area contributed by atoms with Crippen LogP contribution in [0.4, 0.5) is 11.4 Å². The van der Waals surface area contributed by atoms with Gasteiger partial charge < -0.3 is 5.32 Å². The SMILES string of the molecule is Cc1cccc(NC(=O)c2ccccc2[N+](=O)[O-])c1Br. The molecule has 1 N–H and O–H groups in total. The Labute approximate surface area is 123 Å². The van der Waals surface area contributed by atoms with E-state index in [9.17, 15) is 14.9 Å². The molecule has 6 heteroatoms. The Balaban J connectivity index is 2.34. The number of nitrogens with one attached hydrogen (secondary N) is 1. The van der Waals surface area contributed by atoms with Crippen molar-refractivity contribution < 1.29 is 9.72 Å². The second-order valence-electron chi connectivity index (χ2n) is 4.16. The lowest BCUT2D eigenvalue weighted by Gasteiger charge is -2.09. The zero-order chi connectivity index (χ0) is 14.7. The number of hydrogen-bond acceptors (Lipinski definition) is 3. The molecule has 102 valence electrons. The smallest absolute Gasteiger partial charge is 0.282 e. The van der Waals surface area contributed by atoms with Crippen molar-refractivity contribution in [3.05, 3.63) is 68.2 Å². The minimum Gasteiger partial charge on any atom is -0.321 e. The molecule has 0 aromatic heterocycles. The first-order valence-electron chi connectivity index (χ1n) is 5.80. The summed E-state index contributed by atoms with van der Waals surface area (Å²) in [6.45, 7) is 1.89. The summed E-state index contributed by atoms with van der Waals surface area (Å²) in [5.41, 5.74) is 1.36. The molecule has 0 aliphatic heterocycles. The number of halogens is 1. The van der Waals surface area contributed by atoms with E-state index in [2.05, 4.69) is 21.2 Å². The van der Waals surface area contributed by atoms with Crippen molar-refractivity contribution in [1.29, 1.82) is 0 Å². The van der Waals surface area contributed by atoms with Crippen molar-refractivity contribution in [2.75, 3.05) is 5.32 Å². The van der Waals surface area contributed by atoms with Crippen LogP contribution in [0.25, 0.3) is 0 Å².